The summed E-state index contributed by atoms with van der Waals surface area (Å²) in [7, 11) is 0. The molecule has 6 nitrogen and oxygen atoms in total. The van der Waals surface area contributed by atoms with E-state index in [1.54, 1.807) is 5.38 Å². The van der Waals surface area contributed by atoms with Crippen LogP contribution in [-0.2, 0) is 16.1 Å². The average Bonchev–Trinajstić information content (AvgIpc) is 3.16. The van der Waals surface area contributed by atoms with Crippen molar-refractivity contribution in [2.45, 2.75) is 33.7 Å². The zero-order valence-electron chi connectivity index (χ0n) is 17.4. The maximum Gasteiger partial charge on any atom is 0.573 e. The van der Waals surface area contributed by atoms with Crippen LogP contribution >= 0.6 is 11.3 Å². The summed E-state index contributed by atoms with van der Waals surface area (Å²) in [6.45, 7) is 5.20. The molecule has 0 bridgehead atoms. The number of nitrogens with zero attached hydrogens (tertiary/aromatic N) is 2. The Morgan fingerprint density at radius 3 is 2.34 bits per heavy atom. The predicted molar refractivity (Wildman–Crippen MR) is 113 cm³/mol. The van der Waals surface area contributed by atoms with Gasteiger partial charge in [0.05, 0.1) is 16.9 Å². The molecule has 3 rings (SSSR count). The van der Waals surface area contributed by atoms with Gasteiger partial charge in [-0.2, -0.15) is 0 Å². The third-order valence-electron chi connectivity index (χ3n) is 4.47. The highest BCUT2D eigenvalue weighted by Gasteiger charge is 2.31. The Labute approximate surface area is 186 Å². The van der Waals surface area contributed by atoms with Gasteiger partial charge < -0.3 is 9.47 Å². The summed E-state index contributed by atoms with van der Waals surface area (Å²) in [5.74, 6) is -1.38. The van der Waals surface area contributed by atoms with Crippen LogP contribution in [0.1, 0.15) is 34.1 Å². The summed E-state index contributed by atoms with van der Waals surface area (Å²) in [4.78, 5) is 30.3. The molecule has 0 radical (unpaired) electrons. The van der Waals surface area contributed by atoms with Crippen LogP contribution in [0.5, 0.6) is 5.75 Å². The lowest BCUT2D eigenvalue weighted by Gasteiger charge is -2.19. The number of anilines is 2. The van der Waals surface area contributed by atoms with E-state index in [4.69, 9.17) is 4.74 Å². The number of ether oxygens (including phenoxy) is 2. The van der Waals surface area contributed by atoms with E-state index >= 15 is 0 Å². The lowest BCUT2D eigenvalue weighted by Crippen LogP contribution is -2.22. The second kappa shape index (κ2) is 9.39. The smallest absolute Gasteiger partial charge is 0.456 e. The van der Waals surface area contributed by atoms with Crippen LogP contribution in [0, 0.1) is 13.8 Å². The number of aromatic nitrogens is 1. The number of alkyl halides is 3. The van der Waals surface area contributed by atoms with Crippen LogP contribution in [0.2, 0.25) is 0 Å². The predicted octanol–water partition coefficient (Wildman–Crippen LogP) is 5.70. The minimum absolute atomic E-state index is 0.0653. The molecule has 1 aromatic heterocycles. The van der Waals surface area contributed by atoms with Crippen molar-refractivity contribution in [3.8, 4) is 5.75 Å². The number of halogens is 3. The molecule has 0 aliphatic rings. The van der Waals surface area contributed by atoms with E-state index in [1.807, 2.05) is 32.0 Å². The number of amides is 1. The monoisotopic (exact) mass is 464 g/mol. The fourth-order valence-electron chi connectivity index (χ4n) is 2.77. The van der Waals surface area contributed by atoms with Crippen molar-refractivity contribution in [1.82, 2.24) is 4.98 Å². The first-order chi connectivity index (χ1) is 15.0. The van der Waals surface area contributed by atoms with Crippen LogP contribution in [0.25, 0.3) is 0 Å². The van der Waals surface area contributed by atoms with Crippen molar-refractivity contribution in [2.24, 2.45) is 0 Å². The van der Waals surface area contributed by atoms with Gasteiger partial charge in [-0.05, 0) is 61.4 Å². The minimum atomic E-state index is -4.81. The third-order valence-corrected chi connectivity index (χ3v) is 5.34. The number of carbonyl (C=O) groups excluding carboxylic acids is 2. The van der Waals surface area contributed by atoms with Crippen molar-refractivity contribution in [3.63, 3.8) is 0 Å². The van der Waals surface area contributed by atoms with Gasteiger partial charge in [0, 0.05) is 12.3 Å². The molecule has 0 fully saturated rings. The van der Waals surface area contributed by atoms with Crippen molar-refractivity contribution in [1.29, 1.82) is 0 Å². The molecule has 168 valence electrons. The van der Waals surface area contributed by atoms with Gasteiger partial charge in [0.1, 0.15) is 12.4 Å². The molecular weight excluding hydrogens is 445 g/mol. The molecule has 1 amide bonds. The Morgan fingerprint density at radius 2 is 1.75 bits per heavy atom. The summed E-state index contributed by atoms with van der Waals surface area (Å²) in [5, 5.41) is 2.10. The van der Waals surface area contributed by atoms with Crippen LogP contribution in [0.4, 0.5) is 24.0 Å². The Morgan fingerprint density at radius 1 is 1.06 bits per heavy atom. The van der Waals surface area contributed by atoms with Gasteiger partial charge in [0.2, 0.25) is 5.91 Å². The second-order valence-electron chi connectivity index (χ2n) is 6.89. The molecule has 3 aromatic rings. The van der Waals surface area contributed by atoms with Crippen LogP contribution < -0.4 is 9.64 Å². The Bertz CT molecular complexity index is 1130. The molecular formula is C22H19F3N2O4S. The van der Waals surface area contributed by atoms with E-state index in [-0.39, 0.29) is 18.1 Å². The molecule has 0 unspecified atom stereocenters. The molecule has 2 aromatic carbocycles. The highest BCUT2D eigenvalue weighted by molar-refractivity contribution is 7.14. The van der Waals surface area contributed by atoms with Gasteiger partial charge in [-0.25, -0.2) is 9.78 Å². The van der Waals surface area contributed by atoms with Gasteiger partial charge in [0.15, 0.2) is 5.13 Å². The summed E-state index contributed by atoms with van der Waals surface area (Å²) in [6.07, 6.45) is -4.81. The normalized spacial score (nSPS) is 11.2. The Kier molecular flexibility index (Phi) is 6.83. The zero-order chi connectivity index (χ0) is 23.5. The average molecular weight is 464 g/mol. The molecule has 0 aliphatic carbocycles. The highest BCUT2D eigenvalue weighted by atomic mass is 32.1. The van der Waals surface area contributed by atoms with Gasteiger partial charge >= 0.3 is 12.3 Å². The van der Waals surface area contributed by atoms with E-state index in [1.165, 1.54) is 35.3 Å². The standard InChI is InChI=1S/C22H19F3N2O4S/c1-13-4-7-18(10-14(13)2)27(15(3)28)21-26-17(12-32-21)11-30-20(29)16-5-8-19(9-6-16)31-22(23,24)25/h4-10,12H,11H2,1-3H3. The number of aryl methyl sites for hydroxylation is 2. The number of benzene rings is 2. The van der Waals surface area contributed by atoms with Gasteiger partial charge in [0.25, 0.3) is 0 Å². The summed E-state index contributed by atoms with van der Waals surface area (Å²) < 4.78 is 45.6. The first-order valence-electron chi connectivity index (χ1n) is 9.39. The lowest BCUT2D eigenvalue weighted by molar-refractivity contribution is -0.274. The van der Waals surface area contributed by atoms with Crippen molar-refractivity contribution in [2.75, 3.05) is 4.90 Å². The van der Waals surface area contributed by atoms with Crippen LogP contribution in [-0.4, -0.2) is 23.2 Å². The van der Waals surface area contributed by atoms with Gasteiger partial charge in [-0.3, -0.25) is 9.69 Å². The number of esters is 1. The zero-order valence-corrected chi connectivity index (χ0v) is 18.2. The van der Waals surface area contributed by atoms with E-state index in [0.29, 0.717) is 16.5 Å². The van der Waals surface area contributed by atoms with Crippen LogP contribution in [0.3, 0.4) is 0 Å². The van der Waals surface area contributed by atoms with Crippen molar-refractivity contribution in [3.05, 3.63) is 70.2 Å². The molecule has 32 heavy (non-hydrogen) atoms. The van der Waals surface area contributed by atoms with E-state index in [2.05, 4.69) is 9.72 Å². The Balaban J connectivity index is 1.67. The van der Waals surface area contributed by atoms with E-state index in [0.717, 1.165) is 23.3 Å². The number of rotatable bonds is 6. The molecule has 0 aliphatic heterocycles. The fraction of sp³-hybridized carbons (Fsp3) is 0.227. The first-order valence-corrected chi connectivity index (χ1v) is 10.3. The number of hydrogen-bond acceptors (Lipinski definition) is 6. The largest absolute Gasteiger partial charge is 0.573 e. The number of hydrogen-bond donors (Lipinski definition) is 0. The lowest BCUT2D eigenvalue weighted by atomic mass is 10.1. The van der Waals surface area contributed by atoms with E-state index < -0.39 is 18.1 Å². The number of carbonyl (C=O) groups is 2. The maximum atomic E-state index is 12.2. The maximum absolute atomic E-state index is 12.2. The van der Waals surface area contributed by atoms with E-state index in [9.17, 15) is 22.8 Å². The molecule has 0 spiro atoms. The highest BCUT2D eigenvalue weighted by Crippen LogP contribution is 2.30. The van der Waals surface area contributed by atoms with Gasteiger partial charge in [-0.15, -0.1) is 24.5 Å². The molecule has 10 heteroatoms. The Hall–Kier alpha value is -3.40. The minimum Gasteiger partial charge on any atom is -0.456 e. The summed E-state index contributed by atoms with van der Waals surface area (Å²) in [5.41, 5.74) is 3.31. The summed E-state index contributed by atoms with van der Waals surface area (Å²) >= 11 is 1.23. The quantitative estimate of drug-likeness (QED) is 0.438. The molecule has 0 atom stereocenters. The topological polar surface area (TPSA) is 68.7 Å². The van der Waals surface area contributed by atoms with Crippen molar-refractivity contribution < 1.29 is 32.2 Å². The molecule has 0 N–H and O–H groups in total. The van der Waals surface area contributed by atoms with Crippen molar-refractivity contribution >= 4 is 34.0 Å². The second-order valence-corrected chi connectivity index (χ2v) is 7.73. The SMILES string of the molecule is CC(=O)N(c1ccc(C)c(C)c1)c1nc(COC(=O)c2ccc(OC(F)(F)F)cc2)cs1. The number of thiazole rings is 1. The van der Waals surface area contributed by atoms with Crippen LogP contribution in [0.15, 0.2) is 47.8 Å². The third kappa shape index (κ3) is 5.85. The first kappa shape index (κ1) is 23.3. The molecule has 0 saturated heterocycles. The summed E-state index contributed by atoms with van der Waals surface area (Å²) in [6, 6.07) is 10.0. The van der Waals surface area contributed by atoms with Gasteiger partial charge in [-0.1, -0.05) is 6.07 Å². The molecule has 1 heterocycles. The molecule has 0 saturated carbocycles. The fourth-order valence-corrected chi connectivity index (χ4v) is 3.64.